The normalized spacial score (nSPS) is 14.6. The van der Waals surface area contributed by atoms with Gasteiger partial charge in [-0.05, 0) is 37.6 Å². The zero-order valence-corrected chi connectivity index (χ0v) is 12.5. The van der Waals surface area contributed by atoms with Crippen molar-refractivity contribution in [2.75, 3.05) is 13.2 Å². The summed E-state index contributed by atoms with van der Waals surface area (Å²) in [5.41, 5.74) is 3.19. The highest BCUT2D eigenvalue weighted by atomic mass is 19.1. The number of halogens is 1. The number of likely N-dealkylation sites (N-methyl/N-ethyl adjacent to an activating group) is 1. The molecule has 0 saturated heterocycles. The molecule has 2 nitrogen and oxygen atoms in total. The molecule has 1 aliphatic heterocycles. The van der Waals surface area contributed by atoms with Gasteiger partial charge in [-0.3, -0.25) is 0 Å². The van der Waals surface area contributed by atoms with E-state index in [-0.39, 0.29) is 5.82 Å². The van der Waals surface area contributed by atoms with Crippen LogP contribution in [0.5, 0.6) is 5.75 Å². The number of hydrogen-bond donors (Lipinski definition) is 0. The molecule has 0 aromatic heterocycles. The molecule has 0 amide bonds. The summed E-state index contributed by atoms with van der Waals surface area (Å²) < 4.78 is 20.0. The van der Waals surface area contributed by atoms with E-state index in [1.165, 1.54) is 6.07 Å². The summed E-state index contributed by atoms with van der Waals surface area (Å²) in [5.74, 6) is 0.211. The summed E-state index contributed by atoms with van der Waals surface area (Å²) in [7, 11) is 0. The Morgan fingerprint density at radius 3 is 2.76 bits per heavy atom. The van der Waals surface area contributed by atoms with Gasteiger partial charge in [0.1, 0.15) is 18.2 Å². The Morgan fingerprint density at radius 2 is 2.10 bits per heavy atom. The van der Waals surface area contributed by atoms with E-state index in [4.69, 9.17) is 4.74 Å². The van der Waals surface area contributed by atoms with Crippen LogP contribution in [0.15, 0.2) is 60.9 Å². The third-order valence-electron chi connectivity index (χ3n) is 3.47. The smallest absolute Gasteiger partial charge is 0.136 e. The predicted molar refractivity (Wildman–Crippen MR) is 85.3 cm³/mol. The van der Waals surface area contributed by atoms with Crippen LogP contribution in [-0.4, -0.2) is 18.1 Å². The quantitative estimate of drug-likeness (QED) is 0.737. The van der Waals surface area contributed by atoms with Crippen LogP contribution in [0.3, 0.4) is 0 Å². The standard InChI is InChI=1S/C18H20FNO/c1-5-12-21-17-9-7-8-15(19)18(17)16-11-10-13(3)14(4)20(16)6-2/h5,7-11H,1,4,6,12H2,2-3H3. The van der Waals surface area contributed by atoms with Crippen molar-refractivity contribution in [3.63, 3.8) is 0 Å². The van der Waals surface area contributed by atoms with E-state index in [0.717, 1.165) is 17.0 Å². The lowest BCUT2D eigenvalue weighted by molar-refractivity contribution is 0.357. The second kappa shape index (κ2) is 6.44. The monoisotopic (exact) mass is 285 g/mol. The van der Waals surface area contributed by atoms with E-state index in [9.17, 15) is 4.39 Å². The highest BCUT2D eigenvalue weighted by molar-refractivity contribution is 5.74. The first-order valence-corrected chi connectivity index (χ1v) is 6.98. The second-order valence-electron chi connectivity index (χ2n) is 4.81. The van der Waals surface area contributed by atoms with Crippen LogP contribution in [0.25, 0.3) is 5.70 Å². The van der Waals surface area contributed by atoms with Crippen molar-refractivity contribution in [3.05, 3.63) is 72.2 Å². The van der Waals surface area contributed by atoms with Crippen LogP contribution in [-0.2, 0) is 0 Å². The molecule has 0 fully saturated rings. The van der Waals surface area contributed by atoms with Crippen molar-refractivity contribution in [1.29, 1.82) is 0 Å². The summed E-state index contributed by atoms with van der Waals surface area (Å²) in [5, 5.41) is 0. The molecule has 0 spiro atoms. The molecule has 2 rings (SSSR count). The number of nitrogens with zero attached hydrogens (tertiary/aromatic N) is 1. The first-order chi connectivity index (χ1) is 10.1. The predicted octanol–water partition coefficient (Wildman–Crippen LogP) is 4.53. The molecule has 1 heterocycles. The zero-order valence-electron chi connectivity index (χ0n) is 12.5. The average molecular weight is 285 g/mol. The van der Waals surface area contributed by atoms with Crippen LogP contribution >= 0.6 is 0 Å². The maximum absolute atomic E-state index is 14.4. The molecule has 1 aliphatic rings. The lowest BCUT2D eigenvalue weighted by atomic mass is 10.0. The second-order valence-corrected chi connectivity index (χ2v) is 4.81. The average Bonchev–Trinajstić information content (AvgIpc) is 2.48. The Kier molecular flexibility index (Phi) is 4.63. The Labute approximate surface area is 125 Å². The number of ether oxygens (including phenoxy) is 1. The molecule has 0 bridgehead atoms. The van der Waals surface area contributed by atoms with Gasteiger partial charge in [0.25, 0.3) is 0 Å². The number of hydrogen-bond acceptors (Lipinski definition) is 2. The van der Waals surface area contributed by atoms with Gasteiger partial charge in [0.05, 0.1) is 11.3 Å². The third-order valence-corrected chi connectivity index (χ3v) is 3.47. The molecule has 3 heteroatoms. The minimum atomic E-state index is -0.304. The van der Waals surface area contributed by atoms with E-state index < -0.39 is 0 Å². The van der Waals surface area contributed by atoms with E-state index in [0.29, 0.717) is 24.5 Å². The van der Waals surface area contributed by atoms with Gasteiger partial charge >= 0.3 is 0 Å². The van der Waals surface area contributed by atoms with Gasteiger partial charge in [0, 0.05) is 12.2 Å². The van der Waals surface area contributed by atoms with Crippen LogP contribution in [0.2, 0.25) is 0 Å². The first-order valence-electron chi connectivity index (χ1n) is 6.98. The fraction of sp³-hybridized carbons (Fsp3) is 0.222. The molecule has 0 radical (unpaired) electrons. The van der Waals surface area contributed by atoms with Crippen molar-refractivity contribution in [2.45, 2.75) is 13.8 Å². The molecule has 21 heavy (non-hydrogen) atoms. The lowest BCUT2D eigenvalue weighted by Gasteiger charge is -2.32. The van der Waals surface area contributed by atoms with E-state index in [1.807, 2.05) is 30.9 Å². The van der Waals surface area contributed by atoms with E-state index >= 15 is 0 Å². The Morgan fingerprint density at radius 1 is 1.33 bits per heavy atom. The van der Waals surface area contributed by atoms with E-state index in [2.05, 4.69) is 13.2 Å². The Balaban J connectivity index is 2.54. The molecule has 0 saturated carbocycles. The van der Waals surface area contributed by atoms with Crippen molar-refractivity contribution in [2.24, 2.45) is 0 Å². The molecule has 0 N–H and O–H groups in total. The van der Waals surface area contributed by atoms with Crippen LogP contribution in [0.1, 0.15) is 19.4 Å². The minimum absolute atomic E-state index is 0.304. The third kappa shape index (κ3) is 2.92. The van der Waals surface area contributed by atoms with Gasteiger partial charge in [-0.25, -0.2) is 4.39 Å². The van der Waals surface area contributed by atoms with Crippen molar-refractivity contribution < 1.29 is 9.13 Å². The first kappa shape index (κ1) is 15.1. The van der Waals surface area contributed by atoms with Crippen molar-refractivity contribution in [1.82, 2.24) is 4.90 Å². The number of benzene rings is 1. The molecule has 1 aromatic rings. The molecular formula is C18H20FNO. The van der Waals surface area contributed by atoms with Crippen molar-refractivity contribution in [3.8, 4) is 5.75 Å². The van der Waals surface area contributed by atoms with Gasteiger partial charge < -0.3 is 9.64 Å². The summed E-state index contributed by atoms with van der Waals surface area (Å²) in [4.78, 5) is 1.99. The highest BCUT2D eigenvalue weighted by Crippen LogP contribution is 2.36. The fourth-order valence-electron chi connectivity index (χ4n) is 2.35. The SMILES string of the molecule is C=CCOc1cccc(F)c1C1=CC=C(C)C(=C)N1CC. The fourth-order valence-corrected chi connectivity index (χ4v) is 2.35. The summed E-state index contributed by atoms with van der Waals surface area (Å²) in [6.07, 6.45) is 5.50. The summed E-state index contributed by atoms with van der Waals surface area (Å²) >= 11 is 0. The molecular weight excluding hydrogens is 265 g/mol. The molecule has 110 valence electrons. The topological polar surface area (TPSA) is 12.5 Å². The molecule has 1 aromatic carbocycles. The van der Waals surface area contributed by atoms with Crippen LogP contribution < -0.4 is 4.74 Å². The highest BCUT2D eigenvalue weighted by Gasteiger charge is 2.23. The maximum atomic E-state index is 14.4. The lowest BCUT2D eigenvalue weighted by Crippen LogP contribution is -2.24. The molecule has 0 atom stereocenters. The number of allylic oxidation sites excluding steroid dienone is 3. The largest absolute Gasteiger partial charge is 0.489 e. The molecule has 0 aliphatic carbocycles. The molecule has 0 unspecified atom stereocenters. The van der Waals surface area contributed by atoms with Crippen LogP contribution in [0, 0.1) is 5.82 Å². The van der Waals surface area contributed by atoms with Crippen molar-refractivity contribution >= 4 is 5.70 Å². The summed E-state index contributed by atoms with van der Waals surface area (Å²) in [6, 6.07) is 4.86. The van der Waals surface area contributed by atoms with Crippen LogP contribution in [0.4, 0.5) is 4.39 Å². The number of rotatable bonds is 5. The zero-order chi connectivity index (χ0) is 15.4. The Hall–Kier alpha value is -2.29. The Bertz CT molecular complexity index is 628. The van der Waals surface area contributed by atoms with Gasteiger partial charge in [0.2, 0.25) is 0 Å². The van der Waals surface area contributed by atoms with Gasteiger partial charge in [-0.15, -0.1) is 0 Å². The minimum Gasteiger partial charge on any atom is -0.489 e. The van der Waals surface area contributed by atoms with Gasteiger partial charge in [-0.1, -0.05) is 31.4 Å². The van der Waals surface area contributed by atoms with E-state index in [1.54, 1.807) is 18.2 Å². The maximum Gasteiger partial charge on any atom is 0.136 e. The summed E-state index contributed by atoms with van der Waals surface area (Å²) in [6.45, 7) is 12.8. The van der Waals surface area contributed by atoms with Gasteiger partial charge in [0.15, 0.2) is 0 Å². The van der Waals surface area contributed by atoms with Gasteiger partial charge in [-0.2, -0.15) is 0 Å².